The first-order valence-electron chi connectivity index (χ1n) is 5.61. The van der Waals surface area contributed by atoms with E-state index in [1.165, 1.54) is 0 Å². The molecule has 0 bridgehead atoms. The molecule has 3 nitrogen and oxygen atoms in total. The van der Waals surface area contributed by atoms with Gasteiger partial charge in [-0.25, -0.2) is 8.78 Å². The van der Waals surface area contributed by atoms with Gasteiger partial charge in [0.05, 0.1) is 0 Å². The molecule has 1 aliphatic rings. The average Bonchev–Trinajstić information content (AvgIpc) is 2.66. The van der Waals surface area contributed by atoms with Gasteiger partial charge < -0.3 is 10.8 Å². The minimum atomic E-state index is -0.786. The lowest BCUT2D eigenvalue weighted by Gasteiger charge is -2.21. The summed E-state index contributed by atoms with van der Waals surface area (Å²) in [7, 11) is 1.82. The number of aromatic hydroxyl groups is 1. The van der Waals surface area contributed by atoms with E-state index in [9.17, 15) is 13.9 Å². The molecular weight excluding hydrogens is 226 g/mol. The van der Waals surface area contributed by atoms with Gasteiger partial charge in [-0.05, 0) is 38.1 Å². The molecule has 1 saturated heterocycles. The maximum absolute atomic E-state index is 13.7. The predicted octanol–water partition coefficient (Wildman–Crippen LogP) is 1.62. The Balaban J connectivity index is 2.37. The second-order valence-electron chi connectivity index (χ2n) is 4.58. The second-order valence-corrected chi connectivity index (χ2v) is 4.58. The molecule has 0 aliphatic carbocycles. The summed E-state index contributed by atoms with van der Waals surface area (Å²) in [6.45, 7) is 1.25. The van der Waals surface area contributed by atoms with Crippen molar-refractivity contribution in [2.45, 2.75) is 12.5 Å². The molecule has 2 atom stereocenters. The Labute approximate surface area is 98.8 Å². The summed E-state index contributed by atoms with van der Waals surface area (Å²) in [5.74, 6) is -1.68. The molecule has 1 aromatic carbocycles. The van der Waals surface area contributed by atoms with Crippen LogP contribution in [0.25, 0.3) is 0 Å². The molecule has 3 N–H and O–H groups in total. The Hall–Kier alpha value is -1.20. The Kier molecular flexibility index (Phi) is 3.31. The Morgan fingerprint density at radius 1 is 1.41 bits per heavy atom. The smallest absolute Gasteiger partial charge is 0.165 e. The van der Waals surface area contributed by atoms with Gasteiger partial charge >= 0.3 is 0 Å². The number of nitrogens with zero attached hydrogens (tertiary/aromatic N) is 1. The van der Waals surface area contributed by atoms with E-state index in [0.29, 0.717) is 13.0 Å². The zero-order valence-electron chi connectivity index (χ0n) is 9.66. The van der Waals surface area contributed by atoms with Crippen LogP contribution in [0.1, 0.15) is 18.0 Å². The number of nitrogens with two attached hydrogens (primary N) is 1. The standard InChI is InChI=1S/C12H16F2N2O/c1-16-6-7(5-15)4-10(16)11-8(13)2-3-9(14)12(11)17/h2-3,7,10,17H,4-6,15H2,1H3. The Morgan fingerprint density at radius 3 is 2.65 bits per heavy atom. The Morgan fingerprint density at radius 2 is 2.06 bits per heavy atom. The predicted molar refractivity (Wildman–Crippen MR) is 60.6 cm³/mol. The number of likely N-dealkylation sites (tertiary alicyclic amines) is 1. The van der Waals surface area contributed by atoms with Crippen LogP contribution in [0.3, 0.4) is 0 Å². The highest BCUT2D eigenvalue weighted by molar-refractivity contribution is 5.38. The molecule has 1 heterocycles. The molecule has 1 aromatic rings. The van der Waals surface area contributed by atoms with Crippen LogP contribution < -0.4 is 5.73 Å². The summed E-state index contributed by atoms with van der Waals surface area (Å²) in [4.78, 5) is 1.90. The summed E-state index contributed by atoms with van der Waals surface area (Å²) in [5, 5.41) is 9.64. The second kappa shape index (κ2) is 4.58. The SMILES string of the molecule is CN1CC(CN)CC1c1c(F)ccc(F)c1O. The molecule has 2 unspecified atom stereocenters. The zero-order chi connectivity index (χ0) is 12.6. The van der Waals surface area contributed by atoms with Gasteiger partial charge in [0.15, 0.2) is 11.6 Å². The molecule has 0 radical (unpaired) electrons. The molecule has 0 spiro atoms. The first-order chi connectivity index (χ1) is 8.04. The molecule has 17 heavy (non-hydrogen) atoms. The fourth-order valence-corrected chi connectivity index (χ4v) is 2.49. The van der Waals surface area contributed by atoms with E-state index >= 15 is 0 Å². The van der Waals surface area contributed by atoms with Crippen molar-refractivity contribution in [2.24, 2.45) is 11.7 Å². The minimum absolute atomic E-state index is 0.0449. The lowest BCUT2D eigenvalue weighted by Crippen LogP contribution is -2.21. The topological polar surface area (TPSA) is 49.5 Å². The van der Waals surface area contributed by atoms with E-state index < -0.39 is 17.4 Å². The van der Waals surface area contributed by atoms with Crippen molar-refractivity contribution < 1.29 is 13.9 Å². The van der Waals surface area contributed by atoms with Crippen molar-refractivity contribution in [1.29, 1.82) is 0 Å². The van der Waals surface area contributed by atoms with Crippen molar-refractivity contribution in [3.8, 4) is 5.75 Å². The molecule has 1 fully saturated rings. The van der Waals surface area contributed by atoms with E-state index in [-0.39, 0.29) is 17.5 Å². The number of phenols is 1. The summed E-state index contributed by atoms with van der Waals surface area (Å²) >= 11 is 0. The molecule has 94 valence electrons. The molecule has 2 rings (SSSR count). The quantitative estimate of drug-likeness (QED) is 0.828. The number of hydrogen-bond acceptors (Lipinski definition) is 3. The summed E-state index contributed by atoms with van der Waals surface area (Å²) < 4.78 is 27.0. The van der Waals surface area contributed by atoms with Crippen molar-refractivity contribution in [1.82, 2.24) is 4.90 Å². The number of hydrogen-bond donors (Lipinski definition) is 2. The van der Waals surface area contributed by atoms with Gasteiger partial charge in [-0.15, -0.1) is 0 Å². The summed E-state index contributed by atoms with van der Waals surface area (Å²) in [6, 6.07) is 1.68. The van der Waals surface area contributed by atoms with E-state index in [1.807, 2.05) is 11.9 Å². The van der Waals surface area contributed by atoms with Gasteiger partial charge in [0.2, 0.25) is 0 Å². The first-order valence-corrected chi connectivity index (χ1v) is 5.61. The lowest BCUT2D eigenvalue weighted by molar-refractivity contribution is 0.294. The number of benzene rings is 1. The van der Waals surface area contributed by atoms with Crippen molar-refractivity contribution in [3.63, 3.8) is 0 Å². The van der Waals surface area contributed by atoms with Gasteiger partial charge in [-0.2, -0.15) is 0 Å². The highest BCUT2D eigenvalue weighted by atomic mass is 19.1. The van der Waals surface area contributed by atoms with E-state index in [0.717, 1.165) is 18.7 Å². The molecule has 0 saturated carbocycles. The van der Waals surface area contributed by atoms with E-state index in [2.05, 4.69) is 0 Å². The van der Waals surface area contributed by atoms with Crippen LogP contribution >= 0.6 is 0 Å². The van der Waals surface area contributed by atoms with Gasteiger partial charge in [-0.3, -0.25) is 4.90 Å². The van der Waals surface area contributed by atoms with Gasteiger partial charge in [0.25, 0.3) is 0 Å². The van der Waals surface area contributed by atoms with Gasteiger partial charge in [0, 0.05) is 18.2 Å². The van der Waals surface area contributed by atoms with Crippen LogP contribution in [-0.4, -0.2) is 30.1 Å². The van der Waals surface area contributed by atoms with Crippen molar-refractivity contribution in [2.75, 3.05) is 20.1 Å². The molecule has 0 amide bonds. The monoisotopic (exact) mass is 242 g/mol. The minimum Gasteiger partial charge on any atom is -0.505 e. The zero-order valence-corrected chi connectivity index (χ0v) is 9.66. The average molecular weight is 242 g/mol. The van der Waals surface area contributed by atoms with Crippen molar-refractivity contribution in [3.05, 3.63) is 29.3 Å². The maximum Gasteiger partial charge on any atom is 0.165 e. The van der Waals surface area contributed by atoms with E-state index in [1.54, 1.807) is 0 Å². The highest BCUT2D eigenvalue weighted by Crippen LogP contribution is 2.40. The molecular formula is C12H16F2N2O. The van der Waals surface area contributed by atoms with Crippen LogP contribution in [-0.2, 0) is 0 Å². The fourth-order valence-electron chi connectivity index (χ4n) is 2.49. The summed E-state index contributed by atoms with van der Waals surface area (Å²) in [5.41, 5.74) is 5.63. The third-order valence-electron chi connectivity index (χ3n) is 3.42. The largest absolute Gasteiger partial charge is 0.505 e. The molecule has 0 aromatic heterocycles. The maximum atomic E-state index is 13.7. The van der Waals surface area contributed by atoms with Crippen LogP contribution in [0.4, 0.5) is 8.78 Å². The summed E-state index contributed by atoms with van der Waals surface area (Å²) in [6.07, 6.45) is 0.640. The third-order valence-corrected chi connectivity index (χ3v) is 3.42. The Bertz CT molecular complexity index is 425. The lowest BCUT2D eigenvalue weighted by atomic mass is 9.98. The molecule has 5 heteroatoms. The fraction of sp³-hybridized carbons (Fsp3) is 0.500. The van der Waals surface area contributed by atoms with Gasteiger partial charge in [0.1, 0.15) is 5.82 Å². The van der Waals surface area contributed by atoms with Crippen LogP contribution in [0.2, 0.25) is 0 Å². The van der Waals surface area contributed by atoms with Crippen LogP contribution in [0, 0.1) is 17.6 Å². The van der Waals surface area contributed by atoms with Crippen LogP contribution in [0.15, 0.2) is 12.1 Å². The number of halogens is 2. The molecule has 1 aliphatic heterocycles. The van der Waals surface area contributed by atoms with Crippen LogP contribution in [0.5, 0.6) is 5.75 Å². The highest BCUT2D eigenvalue weighted by Gasteiger charge is 2.34. The third kappa shape index (κ3) is 2.12. The number of rotatable bonds is 2. The van der Waals surface area contributed by atoms with Gasteiger partial charge in [-0.1, -0.05) is 0 Å². The normalized spacial score (nSPS) is 25.4. The first kappa shape index (κ1) is 12.3. The van der Waals surface area contributed by atoms with E-state index in [4.69, 9.17) is 5.73 Å². The number of phenolic OH excluding ortho intramolecular Hbond substituents is 1. The van der Waals surface area contributed by atoms with Crippen molar-refractivity contribution >= 4 is 0 Å².